The Balaban J connectivity index is 1.83. The Hall–Kier alpha value is -0.480. The first kappa shape index (κ1) is 9.73. The summed E-state index contributed by atoms with van der Waals surface area (Å²) in [4.78, 5) is 0. The predicted molar refractivity (Wildman–Crippen MR) is 61.3 cm³/mol. The van der Waals surface area contributed by atoms with Gasteiger partial charge in [-0.15, -0.1) is 21.5 Å². The van der Waals surface area contributed by atoms with Crippen molar-refractivity contribution in [3.05, 3.63) is 10.0 Å². The third-order valence-corrected chi connectivity index (χ3v) is 4.98. The average Bonchev–Trinajstić information content (AvgIpc) is 2.97. The van der Waals surface area contributed by atoms with Crippen LogP contribution in [0.15, 0.2) is 0 Å². The Morgan fingerprint density at radius 1 is 1.27 bits per heavy atom. The van der Waals surface area contributed by atoms with Crippen molar-refractivity contribution >= 4 is 11.3 Å². The largest absolute Gasteiger partial charge is 0.317 e. The van der Waals surface area contributed by atoms with E-state index in [9.17, 15) is 0 Å². The number of piperidine rings is 1. The lowest BCUT2D eigenvalue weighted by Gasteiger charge is -2.31. The highest BCUT2D eigenvalue weighted by Crippen LogP contribution is 2.44. The second-order valence-corrected chi connectivity index (χ2v) is 6.04. The Labute approximate surface area is 94.3 Å². The van der Waals surface area contributed by atoms with Crippen molar-refractivity contribution in [3.63, 3.8) is 0 Å². The lowest BCUT2D eigenvalue weighted by atomic mass is 9.82. The van der Waals surface area contributed by atoms with Gasteiger partial charge in [0.25, 0.3) is 0 Å². The molecule has 0 unspecified atom stereocenters. The van der Waals surface area contributed by atoms with Crippen molar-refractivity contribution in [1.82, 2.24) is 15.5 Å². The molecule has 3 nitrogen and oxygen atoms in total. The minimum atomic E-state index is 0.288. The highest BCUT2D eigenvalue weighted by Gasteiger charge is 2.35. The number of aromatic nitrogens is 2. The number of hydrogen-bond acceptors (Lipinski definition) is 4. The fourth-order valence-electron chi connectivity index (χ4n) is 2.17. The van der Waals surface area contributed by atoms with Crippen molar-refractivity contribution in [2.45, 2.75) is 43.9 Å². The summed E-state index contributed by atoms with van der Waals surface area (Å²) in [6.45, 7) is 4.58. The summed E-state index contributed by atoms with van der Waals surface area (Å²) in [6.07, 6.45) is 5.05. The molecule has 0 spiro atoms. The van der Waals surface area contributed by atoms with Gasteiger partial charge in [0.2, 0.25) is 0 Å². The fourth-order valence-corrected chi connectivity index (χ4v) is 3.38. The molecule has 15 heavy (non-hydrogen) atoms. The molecule has 0 amide bonds. The van der Waals surface area contributed by atoms with Crippen molar-refractivity contribution in [1.29, 1.82) is 0 Å². The second-order valence-electron chi connectivity index (χ2n) is 5.03. The monoisotopic (exact) mass is 223 g/mol. The van der Waals surface area contributed by atoms with Crippen LogP contribution in [0.4, 0.5) is 0 Å². The Bertz CT molecular complexity index is 350. The van der Waals surface area contributed by atoms with Gasteiger partial charge in [-0.05, 0) is 38.8 Å². The van der Waals surface area contributed by atoms with Gasteiger partial charge >= 0.3 is 0 Å². The molecular weight excluding hydrogens is 206 g/mol. The van der Waals surface area contributed by atoms with Gasteiger partial charge in [0.05, 0.1) is 0 Å². The van der Waals surface area contributed by atoms with E-state index in [4.69, 9.17) is 0 Å². The van der Waals surface area contributed by atoms with Gasteiger partial charge in [0.1, 0.15) is 10.0 Å². The van der Waals surface area contributed by atoms with Crippen LogP contribution in [0.25, 0.3) is 0 Å². The molecule has 1 saturated heterocycles. The second kappa shape index (κ2) is 3.52. The van der Waals surface area contributed by atoms with E-state index in [0.717, 1.165) is 19.0 Å². The van der Waals surface area contributed by atoms with Crippen LogP contribution in [-0.2, 0) is 5.41 Å². The van der Waals surface area contributed by atoms with Gasteiger partial charge in [0, 0.05) is 11.3 Å². The maximum atomic E-state index is 4.41. The minimum absolute atomic E-state index is 0.288. The van der Waals surface area contributed by atoms with E-state index in [-0.39, 0.29) is 5.41 Å². The Morgan fingerprint density at radius 2 is 2.00 bits per heavy atom. The maximum absolute atomic E-state index is 4.41. The van der Waals surface area contributed by atoms with E-state index in [2.05, 4.69) is 22.4 Å². The van der Waals surface area contributed by atoms with Gasteiger partial charge in [0.15, 0.2) is 0 Å². The highest BCUT2D eigenvalue weighted by molar-refractivity contribution is 7.11. The number of rotatable bonds is 2. The third kappa shape index (κ3) is 1.81. The normalized spacial score (nSPS) is 25.4. The lowest BCUT2D eigenvalue weighted by Crippen LogP contribution is -2.37. The Kier molecular flexibility index (Phi) is 2.29. The summed E-state index contributed by atoms with van der Waals surface area (Å²) in [5, 5.41) is 14.7. The molecule has 3 rings (SSSR count). The predicted octanol–water partition coefficient (Wildman–Crippen LogP) is 2.06. The molecule has 0 aromatic carbocycles. The summed E-state index contributed by atoms with van der Waals surface area (Å²) in [5.41, 5.74) is 0.288. The molecule has 1 aromatic rings. The van der Waals surface area contributed by atoms with Gasteiger partial charge < -0.3 is 5.32 Å². The van der Waals surface area contributed by atoms with Crippen LogP contribution in [0.2, 0.25) is 0 Å². The zero-order chi connectivity index (χ0) is 10.3. The van der Waals surface area contributed by atoms with Crippen LogP contribution in [0.1, 0.15) is 48.5 Å². The van der Waals surface area contributed by atoms with Gasteiger partial charge in [-0.2, -0.15) is 0 Å². The molecule has 1 aliphatic carbocycles. The van der Waals surface area contributed by atoms with E-state index in [1.165, 1.54) is 35.7 Å². The van der Waals surface area contributed by atoms with Crippen LogP contribution in [0.3, 0.4) is 0 Å². The van der Waals surface area contributed by atoms with Crippen LogP contribution in [-0.4, -0.2) is 23.3 Å². The van der Waals surface area contributed by atoms with Gasteiger partial charge in [-0.3, -0.25) is 0 Å². The Morgan fingerprint density at radius 3 is 2.67 bits per heavy atom. The SMILES string of the molecule is CC1(c2nnc(C3CC3)s2)CCNCC1. The van der Waals surface area contributed by atoms with E-state index in [1.54, 1.807) is 0 Å². The first-order valence-corrected chi connectivity index (χ1v) is 6.64. The molecule has 2 fully saturated rings. The van der Waals surface area contributed by atoms with Crippen LogP contribution in [0, 0.1) is 0 Å². The molecule has 1 N–H and O–H groups in total. The lowest BCUT2D eigenvalue weighted by molar-refractivity contribution is 0.332. The fraction of sp³-hybridized carbons (Fsp3) is 0.818. The average molecular weight is 223 g/mol. The van der Waals surface area contributed by atoms with E-state index >= 15 is 0 Å². The van der Waals surface area contributed by atoms with Crippen LogP contribution >= 0.6 is 11.3 Å². The van der Waals surface area contributed by atoms with E-state index in [0.29, 0.717) is 0 Å². The quantitative estimate of drug-likeness (QED) is 0.834. The standard InChI is InChI=1S/C11H17N3S/c1-11(4-6-12-7-5-11)10-14-13-9(15-10)8-2-3-8/h8,12H,2-7H2,1H3. The molecule has 4 heteroatoms. The summed E-state index contributed by atoms with van der Waals surface area (Å²) in [6, 6.07) is 0. The maximum Gasteiger partial charge on any atom is 0.123 e. The van der Waals surface area contributed by atoms with Crippen LogP contribution in [0.5, 0.6) is 0 Å². The zero-order valence-electron chi connectivity index (χ0n) is 9.12. The zero-order valence-corrected chi connectivity index (χ0v) is 9.94. The molecule has 0 atom stereocenters. The molecule has 1 aromatic heterocycles. The van der Waals surface area contributed by atoms with Crippen molar-refractivity contribution in [2.75, 3.05) is 13.1 Å². The molecular formula is C11H17N3S. The molecule has 2 aliphatic rings. The van der Waals surface area contributed by atoms with Gasteiger partial charge in [-0.1, -0.05) is 6.92 Å². The van der Waals surface area contributed by atoms with E-state index in [1.807, 2.05) is 11.3 Å². The van der Waals surface area contributed by atoms with Crippen LogP contribution < -0.4 is 5.32 Å². The summed E-state index contributed by atoms with van der Waals surface area (Å²) in [5.74, 6) is 0.751. The molecule has 2 heterocycles. The topological polar surface area (TPSA) is 37.8 Å². The highest BCUT2D eigenvalue weighted by atomic mass is 32.1. The first-order valence-electron chi connectivity index (χ1n) is 5.82. The van der Waals surface area contributed by atoms with E-state index < -0.39 is 0 Å². The van der Waals surface area contributed by atoms with Gasteiger partial charge in [-0.25, -0.2) is 0 Å². The first-order chi connectivity index (χ1) is 7.28. The summed E-state index contributed by atoms with van der Waals surface area (Å²) < 4.78 is 0. The molecule has 82 valence electrons. The van der Waals surface area contributed by atoms with Crippen molar-refractivity contribution < 1.29 is 0 Å². The minimum Gasteiger partial charge on any atom is -0.317 e. The van der Waals surface area contributed by atoms with Crippen molar-refractivity contribution in [2.24, 2.45) is 0 Å². The molecule has 1 aliphatic heterocycles. The molecule has 1 saturated carbocycles. The molecule has 0 radical (unpaired) electrons. The van der Waals surface area contributed by atoms with Crippen molar-refractivity contribution in [3.8, 4) is 0 Å². The number of hydrogen-bond donors (Lipinski definition) is 1. The summed E-state index contributed by atoms with van der Waals surface area (Å²) in [7, 11) is 0. The number of nitrogens with one attached hydrogen (secondary N) is 1. The third-order valence-electron chi connectivity index (χ3n) is 3.59. The summed E-state index contributed by atoms with van der Waals surface area (Å²) >= 11 is 1.86. The number of nitrogens with zero attached hydrogens (tertiary/aromatic N) is 2. The molecule has 0 bridgehead atoms. The smallest absolute Gasteiger partial charge is 0.123 e.